The molecular weight excluding hydrogens is 281 g/mol. The zero-order chi connectivity index (χ0) is 10.0. The van der Waals surface area contributed by atoms with Crippen LogP contribution in [0.2, 0.25) is 0 Å². The summed E-state index contributed by atoms with van der Waals surface area (Å²) in [6.07, 6.45) is 0. The van der Waals surface area contributed by atoms with Crippen LogP contribution in [0, 0.1) is 14.9 Å². The van der Waals surface area contributed by atoms with Crippen molar-refractivity contribution in [2.45, 2.75) is 6.92 Å². The smallest absolute Gasteiger partial charge is 0.163 e. The first kappa shape index (κ1) is 9.99. The molecule has 1 N–H and O–H groups in total. The summed E-state index contributed by atoms with van der Waals surface area (Å²) in [6.45, 7) is 1.35. The van der Waals surface area contributed by atoms with Gasteiger partial charge in [-0.05, 0) is 41.6 Å². The van der Waals surface area contributed by atoms with Crippen molar-refractivity contribution in [3.8, 4) is 11.8 Å². The van der Waals surface area contributed by atoms with E-state index in [1.165, 1.54) is 13.0 Å². The minimum absolute atomic E-state index is 0.136. The number of hydrogen-bond donors (Lipinski definition) is 1. The second-order valence-electron chi connectivity index (χ2n) is 2.52. The predicted octanol–water partition coefficient (Wildman–Crippen LogP) is 2.07. The fraction of sp³-hybridized carbons (Fsp3) is 0.111. The zero-order valence-corrected chi connectivity index (χ0v) is 8.99. The van der Waals surface area contributed by atoms with Gasteiger partial charge in [-0.1, -0.05) is 0 Å². The summed E-state index contributed by atoms with van der Waals surface area (Å²) in [7, 11) is 0. The van der Waals surface area contributed by atoms with Gasteiger partial charge in [-0.2, -0.15) is 5.26 Å². The summed E-state index contributed by atoms with van der Waals surface area (Å²) in [5.74, 6) is -0.470. The van der Waals surface area contributed by atoms with Gasteiger partial charge in [-0.3, -0.25) is 4.79 Å². The maximum absolute atomic E-state index is 11.0. The van der Waals surface area contributed by atoms with Crippen LogP contribution in [0.25, 0.3) is 0 Å². The molecule has 4 heteroatoms. The number of Topliss-reactive ketones (excluding diaryl/α,β-unsaturated/α-hetero) is 1. The zero-order valence-electron chi connectivity index (χ0n) is 6.84. The first-order valence-corrected chi connectivity index (χ1v) is 4.57. The third-order valence-corrected chi connectivity index (χ3v) is 2.20. The van der Waals surface area contributed by atoms with E-state index in [1.807, 2.05) is 28.7 Å². The second-order valence-corrected chi connectivity index (χ2v) is 3.76. The van der Waals surface area contributed by atoms with Gasteiger partial charge in [-0.15, -0.1) is 0 Å². The summed E-state index contributed by atoms with van der Waals surface area (Å²) < 4.78 is 0.761. The molecule has 0 aliphatic heterocycles. The molecule has 0 fully saturated rings. The predicted molar refractivity (Wildman–Crippen MR) is 55.5 cm³/mol. The number of nitrogens with zero attached hydrogens (tertiary/aromatic N) is 1. The summed E-state index contributed by atoms with van der Waals surface area (Å²) in [6, 6.07) is 4.91. The van der Waals surface area contributed by atoms with Crippen LogP contribution >= 0.6 is 22.6 Å². The molecule has 1 aromatic rings. The van der Waals surface area contributed by atoms with Gasteiger partial charge in [0, 0.05) is 3.57 Å². The molecule has 0 saturated carbocycles. The van der Waals surface area contributed by atoms with Crippen molar-refractivity contribution in [1.29, 1.82) is 5.26 Å². The Hall–Kier alpha value is -1.09. The topological polar surface area (TPSA) is 61.1 Å². The van der Waals surface area contributed by atoms with Crippen LogP contribution < -0.4 is 0 Å². The van der Waals surface area contributed by atoms with Gasteiger partial charge in [0.05, 0.1) is 11.1 Å². The van der Waals surface area contributed by atoms with Crippen LogP contribution in [-0.2, 0) is 0 Å². The molecule has 1 aromatic carbocycles. The van der Waals surface area contributed by atoms with Gasteiger partial charge in [0.1, 0.15) is 11.8 Å². The molecule has 0 bridgehead atoms. The number of carbonyl (C=O) groups is 1. The summed E-state index contributed by atoms with van der Waals surface area (Å²) in [5.41, 5.74) is 0.334. The molecule has 3 nitrogen and oxygen atoms in total. The number of benzene rings is 1. The van der Waals surface area contributed by atoms with E-state index in [2.05, 4.69) is 0 Å². The summed E-state index contributed by atoms with van der Waals surface area (Å²) >= 11 is 1.99. The molecule has 0 aliphatic rings. The molecular formula is C9H6INO2. The number of rotatable bonds is 1. The Morgan fingerprint density at radius 1 is 1.62 bits per heavy atom. The molecule has 0 amide bonds. The van der Waals surface area contributed by atoms with E-state index in [9.17, 15) is 9.90 Å². The Kier molecular flexibility index (Phi) is 2.88. The molecule has 13 heavy (non-hydrogen) atoms. The molecule has 66 valence electrons. The highest BCUT2D eigenvalue weighted by Gasteiger charge is 2.11. The van der Waals surface area contributed by atoms with E-state index < -0.39 is 0 Å². The van der Waals surface area contributed by atoms with Crippen molar-refractivity contribution in [2.24, 2.45) is 0 Å². The summed E-state index contributed by atoms with van der Waals surface area (Å²) in [4.78, 5) is 11.0. The van der Waals surface area contributed by atoms with Crippen LogP contribution in [0.5, 0.6) is 5.75 Å². The van der Waals surface area contributed by atoms with E-state index in [0.29, 0.717) is 0 Å². The Bertz CT molecular complexity index is 407. The largest absolute Gasteiger partial charge is 0.506 e. The van der Waals surface area contributed by atoms with E-state index in [0.717, 1.165) is 3.57 Å². The number of nitriles is 1. The van der Waals surface area contributed by atoms with Crippen molar-refractivity contribution < 1.29 is 9.90 Å². The number of ketones is 1. The van der Waals surface area contributed by atoms with Gasteiger partial charge >= 0.3 is 0 Å². The lowest BCUT2D eigenvalue weighted by Crippen LogP contribution is -1.95. The van der Waals surface area contributed by atoms with Crippen LogP contribution in [0.4, 0.5) is 0 Å². The molecule has 0 heterocycles. The van der Waals surface area contributed by atoms with Crippen molar-refractivity contribution in [2.75, 3.05) is 0 Å². The molecule has 1 rings (SSSR count). The normalized spacial score (nSPS) is 9.31. The fourth-order valence-corrected chi connectivity index (χ4v) is 1.58. The molecule has 0 aliphatic carbocycles. The minimum atomic E-state index is -0.243. The van der Waals surface area contributed by atoms with Gasteiger partial charge < -0.3 is 5.11 Å². The molecule has 0 aromatic heterocycles. The number of carbonyl (C=O) groups excluding carboxylic acids is 1. The standard InChI is InChI=1S/C9H6INO2/c1-5(12)8-3-7(10)2-6(4-11)9(8)13/h2-3,13H,1H3. The average Bonchev–Trinajstić information content (AvgIpc) is 2.08. The third-order valence-electron chi connectivity index (χ3n) is 1.57. The van der Waals surface area contributed by atoms with Gasteiger partial charge in [0.2, 0.25) is 0 Å². The molecule has 0 atom stereocenters. The fourth-order valence-electron chi connectivity index (χ4n) is 0.953. The third kappa shape index (κ3) is 1.98. The number of aromatic hydroxyl groups is 1. The van der Waals surface area contributed by atoms with Crippen LogP contribution in [-0.4, -0.2) is 10.9 Å². The molecule has 0 saturated heterocycles. The Morgan fingerprint density at radius 3 is 2.69 bits per heavy atom. The number of phenols is 1. The van der Waals surface area contributed by atoms with Crippen molar-refractivity contribution >= 4 is 28.4 Å². The Morgan fingerprint density at radius 2 is 2.23 bits per heavy atom. The minimum Gasteiger partial charge on any atom is -0.506 e. The first-order chi connectivity index (χ1) is 6.06. The van der Waals surface area contributed by atoms with Crippen LogP contribution in [0.15, 0.2) is 12.1 Å². The van der Waals surface area contributed by atoms with Gasteiger partial charge in [0.25, 0.3) is 0 Å². The number of halogens is 1. The van der Waals surface area contributed by atoms with E-state index in [4.69, 9.17) is 5.26 Å². The lowest BCUT2D eigenvalue weighted by molar-refractivity contribution is 0.101. The van der Waals surface area contributed by atoms with Gasteiger partial charge in [-0.25, -0.2) is 0 Å². The molecule has 0 radical (unpaired) electrons. The summed E-state index contributed by atoms with van der Waals surface area (Å²) in [5, 5.41) is 18.1. The van der Waals surface area contributed by atoms with Crippen LogP contribution in [0.1, 0.15) is 22.8 Å². The van der Waals surface area contributed by atoms with Gasteiger partial charge in [0.15, 0.2) is 5.78 Å². The quantitative estimate of drug-likeness (QED) is 0.635. The average molecular weight is 287 g/mol. The monoisotopic (exact) mass is 287 g/mol. The molecule has 0 unspecified atom stereocenters. The lowest BCUT2D eigenvalue weighted by atomic mass is 10.1. The lowest BCUT2D eigenvalue weighted by Gasteiger charge is -2.02. The van der Waals surface area contributed by atoms with Crippen molar-refractivity contribution in [3.63, 3.8) is 0 Å². The maximum Gasteiger partial charge on any atom is 0.163 e. The SMILES string of the molecule is CC(=O)c1cc(I)cc(C#N)c1O. The van der Waals surface area contributed by atoms with E-state index in [1.54, 1.807) is 6.07 Å². The number of phenolic OH excluding ortho intramolecular Hbond substituents is 1. The Balaban J connectivity index is 3.47. The first-order valence-electron chi connectivity index (χ1n) is 3.50. The number of hydrogen-bond acceptors (Lipinski definition) is 3. The maximum atomic E-state index is 11.0. The Labute approximate surface area is 89.1 Å². The van der Waals surface area contributed by atoms with E-state index in [-0.39, 0.29) is 22.7 Å². The molecule has 0 spiro atoms. The highest BCUT2D eigenvalue weighted by Crippen LogP contribution is 2.25. The van der Waals surface area contributed by atoms with Crippen molar-refractivity contribution in [3.05, 3.63) is 26.8 Å². The highest BCUT2D eigenvalue weighted by atomic mass is 127. The van der Waals surface area contributed by atoms with E-state index >= 15 is 0 Å². The van der Waals surface area contributed by atoms with Crippen LogP contribution in [0.3, 0.4) is 0 Å². The highest BCUT2D eigenvalue weighted by molar-refractivity contribution is 14.1. The second kappa shape index (κ2) is 3.75. The van der Waals surface area contributed by atoms with Crippen molar-refractivity contribution in [1.82, 2.24) is 0 Å².